The standard InChI is InChI=1S/C56H61NS/c1-51(2)22-24-53(5,6)43-31-38(18-20-40(43)51)57(39-19-21-41-44(32-39)54(7,8)25-23-52(41,3)4)46-29-36(35-14-10-9-11-15-35)28-45-50(46)58-47-17-13-12-16-42(47)56(45)48-27-34-26-37-30-49(56)55(37,48)33-34/h9-21,28-29,31-32,34,37,48-49H,22-27,30,33H2,1-8H3. The van der Waals surface area contributed by atoms with Crippen molar-refractivity contribution in [3.8, 4) is 11.1 Å². The molecule has 5 aromatic rings. The molecule has 0 saturated heterocycles. The molecule has 6 atom stereocenters. The van der Waals surface area contributed by atoms with Crippen LogP contribution in [0, 0.1) is 29.1 Å². The summed E-state index contributed by atoms with van der Waals surface area (Å²) in [4.78, 5) is 5.72. The molecule has 5 aromatic carbocycles. The highest BCUT2D eigenvalue weighted by molar-refractivity contribution is 7.99. The minimum atomic E-state index is 0.0811. The van der Waals surface area contributed by atoms with Crippen LogP contribution in [0.2, 0.25) is 0 Å². The third kappa shape index (κ3) is 4.52. The molecule has 0 aromatic heterocycles. The van der Waals surface area contributed by atoms with Crippen molar-refractivity contribution in [3.63, 3.8) is 0 Å². The summed E-state index contributed by atoms with van der Waals surface area (Å²) < 4.78 is 0. The summed E-state index contributed by atoms with van der Waals surface area (Å²) in [6.07, 6.45) is 10.7. The van der Waals surface area contributed by atoms with Gasteiger partial charge in [0.25, 0.3) is 0 Å². The molecular formula is C56H61NS. The number of rotatable bonds is 4. The van der Waals surface area contributed by atoms with Crippen molar-refractivity contribution in [3.05, 3.63) is 137 Å². The van der Waals surface area contributed by atoms with Crippen molar-refractivity contribution < 1.29 is 0 Å². The lowest BCUT2D eigenvalue weighted by Gasteiger charge is -2.78. The molecule has 4 fully saturated rings. The van der Waals surface area contributed by atoms with Gasteiger partial charge >= 0.3 is 0 Å². The van der Waals surface area contributed by atoms with Crippen LogP contribution in [0.5, 0.6) is 0 Å². The lowest BCUT2D eigenvalue weighted by Crippen LogP contribution is -2.74. The van der Waals surface area contributed by atoms with Gasteiger partial charge in [-0.05, 0) is 189 Å². The summed E-state index contributed by atoms with van der Waals surface area (Å²) in [6, 6.07) is 41.5. The molecule has 12 rings (SSSR count). The molecule has 6 aliphatic carbocycles. The van der Waals surface area contributed by atoms with Gasteiger partial charge in [0.15, 0.2) is 0 Å². The largest absolute Gasteiger partial charge is 0.309 e. The molecule has 2 bridgehead atoms. The second-order valence-electron chi connectivity index (χ2n) is 22.7. The van der Waals surface area contributed by atoms with Gasteiger partial charge in [-0.25, -0.2) is 0 Å². The van der Waals surface area contributed by atoms with E-state index in [4.69, 9.17) is 0 Å². The van der Waals surface area contributed by atoms with Crippen molar-refractivity contribution in [2.24, 2.45) is 29.1 Å². The lowest BCUT2D eigenvalue weighted by atomic mass is 9.26. The van der Waals surface area contributed by atoms with Crippen LogP contribution >= 0.6 is 11.8 Å². The second kappa shape index (κ2) is 11.5. The first kappa shape index (κ1) is 36.1. The summed E-state index contributed by atoms with van der Waals surface area (Å²) in [6.45, 7) is 19.8. The van der Waals surface area contributed by atoms with Crippen LogP contribution in [0.3, 0.4) is 0 Å². The maximum atomic E-state index is 2.73. The average molecular weight is 780 g/mol. The van der Waals surface area contributed by atoms with E-state index in [0.717, 1.165) is 23.7 Å². The third-order valence-corrected chi connectivity index (χ3v) is 19.3. The zero-order valence-corrected chi connectivity index (χ0v) is 37.0. The molecule has 0 N–H and O–H groups in total. The molecule has 6 unspecified atom stereocenters. The predicted molar refractivity (Wildman–Crippen MR) is 243 cm³/mol. The Labute approximate surface area is 352 Å². The van der Waals surface area contributed by atoms with E-state index in [0.29, 0.717) is 5.41 Å². The maximum Gasteiger partial charge on any atom is 0.0610 e. The normalized spacial score (nSPS) is 31.5. The Kier molecular flexibility index (Phi) is 7.19. The highest BCUT2D eigenvalue weighted by Gasteiger charge is 2.84. The molecule has 2 heteroatoms. The van der Waals surface area contributed by atoms with Crippen LogP contribution in [0.4, 0.5) is 17.1 Å². The highest BCUT2D eigenvalue weighted by Crippen LogP contribution is 2.89. The minimum Gasteiger partial charge on any atom is -0.309 e. The zero-order chi connectivity index (χ0) is 39.8. The summed E-state index contributed by atoms with van der Waals surface area (Å²) in [7, 11) is 0. The van der Waals surface area contributed by atoms with E-state index in [-0.39, 0.29) is 27.1 Å². The van der Waals surface area contributed by atoms with Gasteiger partial charge in [-0.15, -0.1) is 0 Å². The van der Waals surface area contributed by atoms with E-state index in [1.54, 1.807) is 11.1 Å². The van der Waals surface area contributed by atoms with Gasteiger partial charge in [0, 0.05) is 26.6 Å². The van der Waals surface area contributed by atoms with Gasteiger partial charge in [0.05, 0.1) is 5.69 Å². The molecule has 58 heavy (non-hydrogen) atoms. The van der Waals surface area contributed by atoms with Crippen LogP contribution in [-0.4, -0.2) is 0 Å². The number of benzene rings is 5. The van der Waals surface area contributed by atoms with Gasteiger partial charge in [0.2, 0.25) is 0 Å². The average Bonchev–Trinajstić information content (AvgIpc) is 3.74. The summed E-state index contributed by atoms with van der Waals surface area (Å²) >= 11 is 2.07. The monoisotopic (exact) mass is 779 g/mol. The minimum absolute atomic E-state index is 0.0811. The van der Waals surface area contributed by atoms with Crippen molar-refractivity contribution in [2.75, 3.05) is 4.90 Å². The maximum absolute atomic E-state index is 2.73. The summed E-state index contributed by atoms with van der Waals surface area (Å²) in [5, 5.41) is 0. The van der Waals surface area contributed by atoms with Gasteiger partial charge in [-0.3, -0.25) is 0 Å². The Morgan fingerprint density at radius 2 is 1.07 bits per heavy atom. The number of anilines is 3. The topological polar surface area (TPSA) is 3.24 Å². The van der Waals surface area contributed by atoms with Gasteiger partial charge in [0.1, 0.15) is 0 Å². The van der Waals surface area contributed by atoms with Crippen molar-refractivity contribution >= 4 is 28.8 Å². The molecule has 7 aliphatic rings. The van der Waals surface area contributed by atoms with Crippen molar-refractivity contribution in [1.29, 1.82) is 0 Å². The number of hydrogen-bond donors (Lipinski definition) is 0. The van der Waals surface area contributed by atoms with E-state index in [9.17, 15) is 0 Å². The van der Waals surface area contributed by atoms with Crippen LogP contribution < -0.4 is 4.90 Å². The van der Waals surface area contributed by atoms with E-state index in [1.807, 2.05) is 0 Å². The van der Waals surface area contributed by atoms with Crippen molar-refractivity contribution in [1.82, 2.24) is 0 Å². The molecule has 4 saturated carbocycles. The quantitative estimate of drug-likeness (QED) is 0.179. The SMILES string of the molecule is CC1(C)CCC(C)(C)c2cc(N(c3ccc4c(c3)C(C)(C)CCC4(C)C)c3cc(-c4ccccc4)cc4c3Sc3ccccc3C43C4CC5CC6CC3C64C5)ccc21. The fraction of sp³-hybridized carbons (Fsp3) is 0.464. The number of hydrogen-bond acceptors (Lipinski definition) is 2. The first-order valence-corrected chi connectivity index (χ1v) is 23.6. The molecule has 0 amide bonds. The Hall–Kier alpha value is -3.75. The Bertz CT molecular complexity index is 2480. The fourth-order valence-electron chi connectivity index (χ4n) is 15.0. The van der Waals surface area contributed by atoms with E-state index in [1.165, 1.54) is 112 Å². The van der Waals surface area contributed by atoms with E-state index in [2.05, 4.69) is 175 Å². The van der Waals surface area contributed by atoms with E-state index < -0.39 is 0 Å². The van der Waals surface area contributed by atoms with Crippen LogP contribution in [0.25, 0.3) is 11.1 Å². The first-order chi connectivity index (χ1) is 27.6. The van der Waals surface area contributed by atoms with E-state index >= 15 is 0 Å². The van der Waals surface area contributed by atoms with Gasteiger partial charge < -0.3 is 4.90 Å². The molecule has 0 radical (unpaired) electrons. The number of fused-ring (bicyclic) bond motifs is 9. The Morgan fingerprint density at radius 3 is 1.69 bits per heavy atom. The Morgan fingerprint density at radius 1 is 0.500 bits per heavy atom. The predicted octanol–water partition coefficient (Wildman–Crippen LogP) is 15.3. The second-order valence-corrected chi connectivity index (χ2v) is 23.8. The molecule has 1 nitrogen and oxygen atoms in total. The molecule has 1 aliphatic heterocycles. The molecule has 2 spiro atoms. The van der Waals surface area contributed by atoms with Gasteiger partial charge in [-0.2, -0.15) is 0 Å². The summed E-state index contributed by atoms with van der Waals surface area (Å²) in [5.74, 6) is 3.36. The smallest absolute Gasteiger partial charge is 0.0610 e. The van der Waals surface area contributed by atoms with Crippen LogP contribution in [0.15, 0.2) is 113 Å². The van der Waals surface area contributed by atoms with Crippen LogP contribution in [0.1, 0.15) is 140 Å². The molecule has 296 valence electrons. The Balaban J connectivity index is 1.16. The van der Waals surface area contributed by atoms with Gasteiger partial charge in [-0.1, -0.05) is 128 Å². The van der Waals surface area contributed by atoms with Crippen molar-refractivity contribution in [2.45, 2.75) is 144 Å². The molecule has 1 heterocycles. The molecular weight excluding hydrogens is 719 g/mol. The third-order valence-electron chi connectivity index (χ3n) is 18.1. The van der Waals surface area contributed by atoms with Crippen LogP contribution in [-0.2, 0) is 27.1 Å². The lowest BCUT2D eigenvalue weighted by molar-refractivity contribution is -0.235. The zero-order valence-electron chi connectivity index (χ0n) is 36.1. The summed E-state index contributed by atoms with van der Waals surface area (Å²) in [5.41, 5.74) is 17.2. The highest BCUT2D eigenvalue weighted by atomic mass is 32.2. The fourth-order valence-corrected chi connectivity index (χ4v) is 16.3. The number of nitrogens with zero attached hydrogens (tertiary/aromatic N) is 1. The first-order valence-electron chi connectivity index (χ1n) is 22.8.